The number of hydrogen-bond donors (Lipinski definition) is 1. The standard InChI is InChI=1S/C12H17NO3/c1-10-5-3-4-6-11(10)16-9-12(15)13(2)7-8-14/h3-6,14H,7-9H2,1-2H3. The van der Waals surface area contributed by atoms with Gasteiger partial charge < -0.3 is 14.7 Å². The van der Waals surface area contributed by atoms with Crippen molar-refractivity contribution in [3.8, 4) is 5.75 Å². The first-order chi connectivity index (χ1) is 7.65. The lowest BCUT2D eigenvalue weighted by Crippen LogP contribution is -2.33. The number of aliphatic hydroxyl groups excluding tert-OH is 1. The minimum absolute atomic E-state index is 0.00134. The lowest BCUT2D eigenvalue weighted by atomic mass is 10.2. The molecule has 0 fully saturated rings. The predicted molar refractivity (Wildman–Crippen MR) is 61.4 cm³/mol. The summed E-state index contributed by atoms with van der Waals surface area (Å²) in [5, 5.41) is 8.68. The van der Waals surface area contributed by atoms with Gasteiger partial charge in [-0.3, -0.25) is 4.79 Å². The predicted octanol–water partition coefficient (Wildman–Crippen LogP) is 0.825. The van der Waals surface area contributed by atoms with E-state index in [4.69, 9.17) is 9.84 Å². The molecule has 0 aromatic heterocycles. The van der Waals surface area contributed by atoms with Crippen LogP contribution in [-0.2, 0) is 4.79 Å². The van der Waals surface area contributed by atoms with E-state index in [2.05, 4.69) is 0 Å². The molecule has 4 nitrogen and oxygen atoms in total. The lowest BCUT2D eigenvalue weighted by Gasteiger charge is -2.16. The van der Waals surface area contributed by atoms with E-state index in [9.17, 15) is 4.79 Å². The highest BCUT2D eigenvalue weighted by Crippen LogP contribution is 2.15. The number of carbonyl (C=O) groups is 1. The molecule has 0 unspecified atom stereocenters. The van der Waals surface area contributed by atoms with E-state index >= 15 is 0 Å². The van der Waals surface area contributed by atoms with Crippen LogP contribution in [0.25, 0.3) is 0 Å². The van der Waals surface area contributed by atoms with Crippen LogP contribution in [0.15, 0.2) is 24.3 Å². The van der Waals surface area contributed by atoms with Crippen LogP contribution < -0.4 is 4.74 Å². The Balaban J connectivity index is 2.46. The molecule has 0 spiro atoms. The third-order valence-corrected chi connectivity index (χ3v) is 2.31. The van der Waals surface area contributed by atoms with Gasteiger partial charge in [0.1, 0.15) is 5.75 Å². The van der Waals surface area contributed by atoms with E-state index in [1.165, 1.54) is 4.90 Å². The van der Waals surface area contributed by atoms with Gasteiger partial charge in [0.25, 0.3) is 5.91 Å². The number of likely N-dealkylation sites (N-methyl/N-ethyl adjacent to an activating group) is 1. The molecule has 0 aliphatic carbocycles. The average molecular weight is 223 g/mol. The zero-order chi connectivity index (χ0) is 12.0. The number of benzene rings is 1. The van der Waals surface area contributed by atoms with Crippen molar-refractivity contribution in [2.75, 3.05) is 26.8 Å². The fourth-order valence-corrected chi connectivity index (χ4v) is 1.24. The third-order valence-electron chi connectivity index (χ3n) is 2.31. The first-order valence-electron chi connectivity index (χ1n) is 5.18. The Bertz CT molecular complexity index is 352. The Labute approximate surface area is 95.5 Å². The van der Waals surface area contributed by atoms with E-state index < -0.39 is 0 Å². The van der Waals surface area contributed by atoms with Gasteiger partial charge in [0.2, 0.25) is 0 Å². The van der Waals surface area contributed by atoms with Crippen molar-refractivity contribution in [1.29, 1.82) is 0 Å². The Morgan fingerprint density at radius 1 is 1.44 bits per heavy atom. The summed E-state index contributed by atoms with van der Waals surface area (Å²) in [6, 6.07) is 7.54. The highest BCUT2D eigenvalue weighted by atomic mass is 16.5. The molecule has 16 heavy (non-hydrogen) atoms. The number of rotatable bonds is 5. The average Bonchev–Trinajstić information content (AvgIpc) is 2.28. The van der Waals surface area contributed by atoms with Gasteiger partial charge in [-0.15, -0.1) is 0 Å². The maximum Gasteiger partial charge on any atom is 0.260 e. The van der Waals surface area contributed by atoms with Crippen LogP contribution in [0.1, 0.15) is 5.56 Å². The van der Waals surface area contributed by atoms with Gasteiger partial charge in [-0.05, 0) is 18.6 Å². The molecule has 0 atom stereocenters. The summed E-state index contributed by atoms with van der Waals surface area (Å²) >= 11 is 0. The van der Waals surface area contributed by atoms with Crippen LogP contribution in [0.4, 0.5) is 0 Å². The molecular weight excluding hydrogens is 206 g/mol. The molecule has 0 radical (unpaired) electrons. The summed E-state index contributed by atoms with van der Waals surface area (Å²) in [6.45, 7) is 2.22. The maximum atomic E-state index is 11.5. The number of carbonyl (C=O) groups excluding carboxylic acids is 1. The molecule has 0 bridgehead atoms. The molecule has 1 aromatic carbocycles. The number of amides is 1. The summed E-state index contributed by atoms with van der Waals surface area (Å²) in [5.41, 5.74) is 1.00. The SMILES string of the molecule is Cc1ccccc1OCC(=O)N(C)CCO. The minimum Gasteiger partial charge on any atom is -0.484 e. The highest BCUT2D eigenvalue weighted by molar-refractivity contribution is 5.77. The van der Waals surface area contributed by atoms with Crippen LogP contribution in [0, 0.1) is 6.92 Å². The molecule has 1 N–H and O–H groups in total. The first kappa shape index (κ1) is 12.5. The number of nitrogens with zero attached hydrogens (tertiary/aromatic N) is 1. The molecule has 0 aliphatic heterocycles. The van der Waals surface area contributed by atoms with Crippen molar-refractivity contribution in [3.63, 3.8) is 0 Å². The molecule has 1 rings (SSSR count). The fraction of sp³-hybridized carbons (Fsp3) is 0.417. The molecule has 88 valence electrons. The molecular formula is C12H17NO3. The number of para-hydroxylation sites is 1. The van der Waals surface area contributed by atoms with Crippen LogP contribution in [0.5, 0.6) is 5.75 Å². The first-order valence-corrected chi connectivity index (χ1v) is 5.18. The summed E-state index contributed by atoms with van der Waals surface area (Å²) in [4.78, 5) is 13.0. The van der Waals surface area contributed by atoms with E-state index in [-0.39, 0.29) is 19.1 Å². The van der Waals surface area contributed by atoms with Gasteiger partial charge in [0, 0.05) is 13.6 Å². The molecule has 0 heterocycles. The summed E-state index contributed by atoms with van der Waals surface area (Å²) in [6.07, 6.45) is 0. The monoisotopic (exact) mass is 223 g/mol. The van der Waals surface area contributed by atoms with Crippen LogP contribution in [-0.4, -0.2) is 42.7 Å². The van der Waals surface area contributed by atoms with Crippen molar-refractivity contribution < 1.29 is 14.6 Å². The van der Waals surface area contributed by atoms with Gasteiger partial charge in [-0.1, -0.05) is 18.2 Å². The fourth-order valence-electron chi connectivity index (χ4n) is 1.24. The van der Waals surface area contributed by atoms with Crippen LogP contribution >= 0.6 is 0 Å². The molecule has 1 amide bonds. The van der Waals surface area contributed by atoms with Crippen LogP contribution in [0.3, 0.4) is 0 Å². The van der Waals surface area contributed by atoms with Gasteiger partial charge >= 0.3 is 0 Å². The minimum atomic E-state index is -0.141. The molecule has 0 saturated heterocycles. The van der Waals surface area contributed by atoms with Crippen LogP contribution in [0.2, 0.25) is 0 Å². The smallest absolute Gasteiger partial charge is 0.260 e. The van der Waals surface area contributed by atoms with Gasteiger partial charge in [0.15, 0.2) is 6.61 Å². The lowest BCUT2D eigenvalue weighted by molar-refractivity contribution is -0.132. The second kappa shape index (κ2) is 6.12. The Morgan fingerprint density at radius 2 is 2.12 bits per heavy atom. The van der Waals surface area contributed by atoms with E-state index in [0.717, 1.165) is 5.56 Å². The van der Waals surface area contributed by atoms with Crippen molar-refractivity contribution >= 4 is 5.91 Å². The second-order valence-electron chi connectivity index (χ2n) is 3.59. The Morgan fingerprint density at radius 3 is 2.75 bits per heavy atom. The van der Waals surface area contributed by atoms with E-state index in [0.29, 0.717) is 12.3 Å². The summed E-state index contributed by atoms with van der Waals surface area (Å²) < 4.78 is 5.39. The van der Waals surface area contributed by atoms with Crippen molar-refractivity contribution in [1.82, 2.24) is 4.90 Å². The number of aliphatic hydroxyl groups is 1. The Kier molecular flexibility index (Phi) is 4.79. The zero-order valence-corrected chi connectivity index (χ0v) is 9.64. The number of aryl methyl sites for hydroxylation is 1. The van der Waals surface area contributed by atoms with Gasteiger partial charge in [-0.25, -0.2) is 0 Å². The summed E-state index contributed by atoms with van der Waals surface area (Å²) in [5.74, 6) is 0.575. The molecule has 4 heteroatoms. The quantitative estimate of drug-likeness (QED) is 0.804. The summed E-state index contributed by atoms with van der Waals surface area (Å²) in [7, 11) is 1.64. The molecule has 1 aromatic rings. The van der Waals surface area contributed by atoms with Gasteiger partial charge in [0.05, 0.1) is 6.61 Å². The van der Waals surface area contributed by atoms with Gasteiger partial charge in [-0.2, -0.15) is 0 Å². The number of hydrogen-bond acceptors (Lipinski definition) is 3. The normalized spacial score (nSPS) is 9.94. The Hall–Kier alpha value is -1.55. The maximum absolute atomic E-state index is 11.5. The van der Waals surface area contributed by atoms with E-state index in [1.807, 2.05) is 31.2 Å². The second-order valence-corrected chi connectivity index (χ2v) is 3.59. The highest BCUT2D eigenvalue weighted by Gasteiger charge is 2.09. The largest absolute Gasteiger partial charge is 0.484 e. The van der Waals surface area contributed by atoms with E-state index in [1.54, 1.807) is 7.05 Å². The van der Waals surface area contributed by atoms with Crippen molar-refractivity contribution in [3.05, 3.63) is 29.8 Å². The number of ether oxygens (including phenoxy) is 1. The topological polar surface area (TPSA) is 49.8 Å². The van der Waals surface area contributed by atoms with Crippen molar-refractivity contribution in [2.24, 2.45) is 0 Å². The third kappa shape index (κ3) is 3.55. The van der Waals surface area contributed by atoms with Crippen molar-refractivity contribution in [2.45, 2.75) is 6.92 Å². The molecule has 0 aliphatic rings. The molecule has 0 saturated carbocycles. The zero-order valence-electron chi connectivity index (χ0n) is 9.64.